The van der Waals surface area contributed by atoms with Crippen LogP contribution in [0, 0.1) is 13.8 Å². The Kier molecular flexibility index (Phi) is 8.59. The van der Waals surface area contributed by atoms with Crippen LogP contribution >= 0.6 is 0 Å². The SMILES string of the molecule is CCC(c1nc2ccccc2c(=O)n1-c1ccc(C)c(C)c1)N(CCc1ccccc1)C(=O)NCc1ccccc1. The van der Waals surface area contributed by atoms with Crippen molar-refractivity contribution in [3.05, 3.63) is 142 Å². The molecule has 2 amide bonds. The van der Waals surface area contributed by atoms with Crippen molar-refractivity contribution in [3.8, 4) is 5.69 Å². The lowest BCUT2D eigenvalue weighted by molar-refractivity contribution is 0.168. The van der Waals surface area contributed by atoms with Crippen molar-refractivity contribution in [1.29, 1.82) is 0 Å². The molecule has 1 unspecified atom stereocenters. The standard InChI is InChI=1S/C35H36N4O2/c1-4-32(38(22-21-27-13-7-5-8-14-27)35(41)36-24-28-15-9-6-10-16-28)33-37-31-18-12-11-17-30(31)34(40)39(33)29-20-19-25(2)26(3)23-29/h5-20,23,32H,4,21-22,24H2,1-3H3,(H,36,41). The van der Waals surface area contributed by atoms with E-state index >= 15 is 0 Å². The van der Waals surface area contributed by atoms with Gasteiger partial charge in [-0.1, -0.05) is 85.8 Å². The molecule has 1 atom stereocenters. The highest BCUT2D eigenvalue weighted by Gasteiger charge is 2.29. The first kappa shape index (κ1) is 27.8. The van der Waals surface area contributed by atoms with E-state index in [-0.39, 0.29) is 11.6 Å². The summed E-state index contributed by atoms with van der Waals surface area (Å²) in [6.45, 7) is 7.01. The number of carbonyl (C=O) groups is 1. The number of nitrogens with one attached hydrogen (secondary N) is 1. The van der Waals surface area contributed by atoms with Crippen LogP contribution in [0.5, 0.6) is 0 Å². The van der Waals surface area contributed by atoms with Crippen LogP contribution in [0.3, 0.4) is 0 Å². The molecule has 1 heterocycles. The van der Waals surface area contributed by atoms with Gasteiger partial charge in [0.25, 0.3) is 5.56 Å². The van der Waals surface area contributed by atoms with Gasteiger partial charge in [-0.05, 0) is 73.2 Å². The predicted octanol–water partition coefficient (Wildman–Crippen LogP) is 6.91. The summed E-state index contributed by atoms with van der Waals surface area (Å²) < 4.78 is 1.70. The van der Waals surface area contributed by atoms with Crippen molar-refractivity contribution in [3.63, 3.8) is 0 Å². The van der Waals surface area contributed by atoms with Crippen LogP contribution in [0.2, 0.25) is 0 Å². The van der Waals surface area contributed by atoms with Crippen LogP contribution in [0.4, 0.5) is 4.79 Å². The minimum atomic E-state index is -0.437. The number of hydrogen-bond donors (Lipinski definition) is 1. The summed E-state index contributed by atoms with van der Waals surface area (Å²) in [7, 11) is 0. The first-order valence-corrected chi connectivity index (χ1v) is 14.2. The molecule has 0 radical (unpaired) electrons. The molecule has 0 fully saturated rings. The number of aromatic nitrogens is 2. The molecule has 41 heavy (non-hydrogen) atoms. The molecule has 4 aromatic carbocycles. The third-order valence-corrected chi connectivity index (χ3v) is 7.64. The van der Waals surface area contributed by atoms with Crippen molar-refractivity contribution in [1.82, 2.24) is 19.8 Å². The molecule has 0 saturated carbocycles. The van der Waals surface area contributed by atoms with Gasteiger partial charge < -0.3 is 10.2 Å². The van der Waals surface area contributed by atoms with Crippen LogP contribution in [-0.4, -0.2) is 27.0 Å². The third-order valence-electron chi connectivity index (χ3n) is 7.64. The Morgan fingerprint density at radius 1 is 0.854 bits per heavy atom. The van der Waals surface area contributed by atoms with E-state index in [4.69, 9.17) is 4.98 Å². The molecule has 0 bridgehead atoms. The van der Waals surface area contributed by atoms with Gasteiger partial charge in [0.15, 0.2) is 0 Å². The lowest BCUT2D eigenvalue weighted by Gasteiger charge is -2.32. The minimum Gasteiger partial charge on any atom is -0.334 e. The molecule has 0 spiro atoms. The quantitative estimate of drug-likeness (QED) is 0.219. The molecule has 0 aliphatic rings. The Morgan fingerprint density at radius 2 is 1.51 bits per heavy atom. The average Bonchev–Trinajstić information content (AvgIpc) is 3.00. The molecule has 5 aromatic rings. The van der Waals surface area contributed by atoms with Crippen molar-refractivity contribution >= 4 is 16.9 Å². The Balaban J connectivity index is 1.61. The third kappa shape index (κ3) is 6.22. The second-order valence-corrected chi connectivity index (χ2v) is 10.4. The maximum atomic E-state index is 14.1. The van der Waals surface area contributed by atoms with E-state index in [1.807, 2.05) is 110 Å². The zero-order valence-corrected chi connectivity index (χ0v) is 23.9. The number of para-hydroxylation sites is 1. The summed E-state index contributed by atoms with van der Waals surface area (Å²) in [6.07, 6.45) is 1.26. The van der Waals surface area contributed by atoms with Crippen molar-refractivity contribution in [2.24, 2.45) is 0 Å². The molecule has 0 aliphatic carbocycles. The summed E-state index contributed by atoms with van der Waals surface area (Å²) in [5, 5.41) is 3.67. The first-order valence-electron chi connectivity index (χ1n) is 14.2. The topological polar surface area (TPSA) is 67.2 Å². The van der Waals surface area contributed by atoms with Gasteiger partial charge in [-0.25, -0.2) is 9.78 Å². The first-order chi connectivity index (χ1) is 20.0. The predicted molar refractivity (Wildman–Crippen MR) is 165 cm³/mol. The lowest BCUT2D eigenvalue weighted by Crippen LogP contribution is -2.44. The fraction of sp³-hybridized carbons (Fsp3) is 0.229. The number of fused-ring (bicyclic) bond motifs is 1. The van der Waals surface area contributed by atoms with Gasteiger partial charge in [-0.15, -0.1) is 0 Å². The van der Waals surface area contributed by atoms with E-state index < -0.39 is 6.04 Å². The second-order valence-electron chi connectivity index (χ2n) is 10.4. The highest BCUT2D eigenvalue weighted by molar-refractivity contribution is 5.78. The summed E-state index contributed by atoms with van der Waals surface area (Å²) in [5.74, 6) is 0.558. The van der Waals surface area contributed by atoms with Crippen molar-refractivity contribution in [2.45, 2.75) is 46.2 Å². The van der Waals surface area contributed by atoms with Gasteiger partial charge in [0.1, 0.15) is 5.82 Å². The van der Waals surface area contributed by atoms with E-state index in [1.165, 1.54) is 0 Å². The molecule has 208 valence electrons. The number of benzene rings is 4. The zero-order chi connectivity index (χ0) is 28.8. The molecular formula is C35H36N4O2. The minimum absolute atomic E-state index is 0.139. The fourth-order valence-corrected chi connectivity index (χ4v) is 5.20. The number of hydrogen-bond acceptors (Lipinski definition) is 3. The maximum absolute atomic E-state index is 14.1. The van der Waals surface area contributed by atoms with Gasteiger partial charge in [0, 0.05) is 13.1 Å². The summed E-state index contributed by atoms with van der Waals surface area (Å²) >= 11 is 0. The van der Waals surface area contributed by atoms with Crippen molar-refractivity contribution < 1.29 is 4.79 Å². The van der Waals surface area contributed by atoms with Crippen LogP contribution in [-0.2, 0) is 13.0 Å². The largest absolute Gasteiger partial charge is 0.334 e. The molecule has 1 N–H and O–H groups in total. The van der Waals surface area contributed by atoms with E-state index in [1.54, 1.807) is 4.57 Å². The molecule has 6 heteroatoms. The van der Waals surface area contributed by atoms with E-state index in [9.17, 15) is 9.59 Å². The number of amides is 2. The smallest absolute Gasteiger partial charge is 0.318 e. The van der Waals surface area contributed by atoms with Crippen LogP contribution in [0.1, 0.15) is 47.5 Å². The molecule has 0 saturated heterocycles. The number of rotatable bonds is 9. The Morgan fingerprint density at radius 3 is 2.20 bits per heavy atom. The highest BCUT2D eigenvalue weighted by atomic mass is 16.2. The van der Waals surface area contributed by atoms with Crippen LogP contribution < -0.4 is 10.9 Å². The van der Waals surface area contributed by atoms with Crippen LogP contribution in [0.15, 0.2) is 108 Å². The average molecular weight is 545 g/mol. The van der Waals surface area contributed by atoms with Gasteiger partial charge >= 0.3 is 6.03 Å². The number of aryl methyl sites for hydroxylation is 2. The summed E-state index contributed by atoms with van der Waals surface area (Å²) in [4.78, 5) is 34.8. The van der Waals surface area contributed by atoms with E-state index in [2.05, 4.69) is 24.4 Å². The summed E-state index contributed by atoms with van der Waals surface area (Å²) in [5.41, 5.74) is 5.63. The zero-order valence-electron chi connectivity index (χ0n) is 23.9. The Labute approximate surface area is 241 Å². The van der Waals surface area contributed by atoms with E-state index in [0.717, 1.165) is 27.9 Å². The number of nitrogens with zero attached hydrogens (tertiary/aromatic N) is 3. The molecule has 1 aromatic heterocycles. The second kappa shape index (κ2) is 12.6. The molecule has 6 nitrogen and oxygen atoms in total. The Bertz CT molecular complexity index is 1700. The van der Waals surface area contributed by atoms with E-state index in [0.29, 0.717) is 42.7 Å². The van der Waals surface area contributed by atoms with Gasteiger partial charge in [0.05, 0.1) is 22.6 Å². The van der Waals surface area contributed by atoms with Crippen molar-refractivity contribution in [2.75, 3.05) is 6.54 Å². The van der Waals surface area contributed by atoms with Gasteiger partial charge in [0.2, 0.25) is 0 Å². The number of urea groups is 1. The molecular weight excluding hydrogens is 508 g/mol. The summed E-state index contributed by atoms with van der Waals surface area (Å²) in [6, 6.07) is 32.8. The highest BCUT2D eigenvalue weighted by Crippen LogP contribution is 2.27. The lowest BCUT2D eigenvalue weighted by atomic mass is 10.1. The monoisotopic (exact) mass is 544 g/mol. The van der Waals surface area contributed by atoms with Crippen LogP contribution in [0.25, 0.3) is 16.6 Å². The normalized spacial score (nSPS) is 11.8. The Hall–Kier alpha value is -4.71. The van der Waals surface area contributed by atoms with Gasteiger partial charge in [-0.2, -0.15) is 0 Å². The fourth-order valence-electron chi connectivity index (χ4n) is 5.20. The molecule has 0 aliphatic heterocycles. The molecule has 5 rings (SSSR count). The number of carbonyl (C=O) groups excluding carboxylic acids is 1. The van der Waals surface area contributed by atoms with Gasteiger partial charge in [-0.3, -0.25) is 9.36 Å². The maximum Gasteiger partial charge on any atom is 0.318 e.